The van der Waals surface area contributed by atoms with E-state index >= 15 is 0 Å². The molecule has 25 heavy (non-hydrogen) atoms. The predicted molar refractivity (Wildman–Crippen MR) is 79.9 cm³/mol. The second-order valence-corrected chi connectivity index (χ2v) is 5.41. The van der Waals surface area contributed by atoms with Crippen LogP contribution in [0.2, 0.25) is 0 Å². The summed E-state index contributed by atoms with van der Waals surface area (Å²) in [7, 11) is 0. The van der Waals surface area contributed by atoms with E-state index in [0.29, 0.717) is 5.56 Å². The fourth-order valence-electron chi connectivity index (χ4n) is 2.56. The molecule has 0 aliphatic rings. The van der Waals surface area contributed by atoms with E-state index in [4.69, 9.17) is 0 Å². The summed E-state index contributed by atoms with van der Waals surface area (Å²) in [5.41, 5.74) is -1.32. The SMILES string of the molecule is CC(c1ccc(C(F)(F)F)cc1)n1nc(CF)c2c(=O)[nH]c(O)nc21. The number of aromatic nitrogens is 4. The molecule has 3 rings (SSSR count). The molecule has 6 nitrogen and oxygen atoms in total. The van der Waals surface area contributed by atoms with Gasteiger partial charge in [-0.05, 0) is 24.6 Å². The first-order valence-electron chi connectivity index (χ1n) is 7.16. The van der Waals surface area contributed by atoms with Crippen LogP contribution in [0.4, 0.5) is 17.6 Å². The molecule has 0 aliphatic carbocycles. The van der Waals surface area contributed by atoms with Gasteiger partial charge in [-0.3, -0.25) is 9.78 Å². The van der Waals surface area contributed by atoms with Crippen LogP contribution < -0.4 is 5.56 Å². The summed E-state index contributed by atoms with van der Waals surface area (Å²) in [5, 5.41) is 13.3. The average molecular weight is 356 g/mol. The molecule has 132 valence electrons. The van der Waals surface area contributed by atoms with Crippen LogP contribution in [0, 0.1) is 0 Å². The zero-order valence-electron chi connectivity index (χ0n) is 12.8. The third kappa shape index (κ3) is 2.94. The van der Waals surface area contributed by atoms with Crippen LogP contribution in [-0.4, -0.2) is 24.9 Å². The van der Waals surface area contributed by atoms with Crippen molar-refractivity contribution in [1.29, 1.82) is 0 Å². The number of H-pyrrole nitrogens is 1. The van der Waals surface area contributed by atoms with Crippen LogP contribution >= 0.6 is 0 Å². The Morgan fingerprint density at radius 2 is 1.92 bits per heavy atom. The van der Waals surface area contributed by atoms with Crippen LogP contribution in [-0.2, 0) is 12.9 Å². The zero-order valence-corrected chi connectivity index (χ0v) is 12.8. The number of hydrogen-bond donors (Lipinski definition) is 2. The van der Waals surface area contributed by atoms with E-state index in [0.717, 1.165) is 12.1 Å². The van der Waals surface area contributed by atoms with Gasteiger partial charge in [-0.1, -0.05) is 12.1 Å². The summed E-state index contributed by atoms with van der Waals surface area (Å²) in [6.45, 7) is 0.579. The maximum atomic E-state index is 13.2. The fraction of sp³-hybridized carbons (Fsp3) is 0.267. The smallest absolute Gasteiger partial charge is 0.416 e. The van der Waals surface area contributed by atoms with Crippen LogP contribution in [0.25, 0.3) is 11.0 Å². The maximum absolute atomic E-state index is 13.2. The van der Waals surface area contributed by atoms with E-state index in [1.807, 2.05) is 4.98 Å². The zero-order chi connectivity index (χ0) is 18.4. The van der Waals surface area contributed by atoms with Gasteiger partial charge in [-0.15, -0.1) is 0 Å². The fourth-order valence-corrected chi connectivity index (χ4v) is 2.56. The number of rotatable bonds is 3. The van der Waals surface area contributed by atoms with Gasteiger partial charge in [0.25, 0.3) is 11.6 Å². The second kappa shape index (κ2) is 5.87. The molecule has 1 atom stereocenters. The lowest BCUT2D eigenvalue weighted by atomic mass is 10.1. The normalized spacial score (nSPS) is 13.3. The molecule has 0 fully saturated rings. The largest absolute Gasteiger partial charge is 0.480 e. The minimum absolute atomic E-state index is 0.0544. The molecule has 0 bridgehead atoms. The summed E-state index contributed by atoms with van der Waals surface area (Å²) in [6.07, 6.45) is -4.46. The Morgan fingerprint density at radius 1 is 1.28 bits per heavy atom. The minimum atomic E-state index is -4.46. The molecule has 10 heteroatoms. The Hall–Kier alpha value is -2.91. The number of benzene rings is 1. The third-order valence-electron chi connectivity index (χ3n) is 3.84. The van der Waals surface area contributed by atoms with Crippen LogP contribution in [0.1, 0.15) is 29.8 Å². The molecular weight excluding hydrogens is 344 g/mol. The Kier molecular flexibility index (Phi) is 3.97. The van der Waals surface area contributed by atoms with Crippen LogP contribution in [0.5, 0.6) is 6.01 Å². The Morgan fingerprint density at radius 3 is 2.48 bits per heavy atom. The van der Waals surface area contributed by atoms with Crippen molar-refractivity contribution in [3.63, 3.8) is 0 Å². The lowest BCUT2D eigenvalue weighted by Crippen LogP contribution is -2.12. The first-order valence-corrected chi connectivity index (χ1v) is 7.16. The summed E-state index contributed by atoms with van der Waals surface area (Å²) >= 11 is 0. The second-order valence-electron chi connectivity index (χ2n) is 5.41. The molecule has 1 unspecified atom stereocenters. The number of hydrogen-bond acceptors (Lipinski definition) is 4. The van der Waals surface area contributed by atoms with Gasteiger partial charge in [0.2, 0.25) is 0 Å². The summed E-state index contributed by atoms with van der Waals surface area (Å²) in [4.78, 5) is 17.7. The molecule has 0 spiro atoms. The molecular formula is C15H12F4N4O2. The summed E-state index contributed by atoms with van der Waals surface area (Å²) in [5.74, 6) is 0. The van der Waals surface area contributed by atoms with Crippen molar-refractivity contribution >= 4 is 11.0 Å². The Balaban J connectivity index is 2.11. The number of fused-ring (bicyclic) bond motifs is 1. The van der Waals surface area contributed by atoms with E-state index in [9.17, 15) is 27.5 Å². The van der Waals surface area contributed by atoms with Gasteiger partial charge in [0, 0.05) is 0 Å². The van der Waals surface area contributed by atoms with Gasteiger partial charge in [0.1, 0.15) is 17.8 Å². The number of aromatic amines is 1. The van der Waals surface area contributed by atoms with Gasteiger partial charge in [-0.2, -0.15) is 23.3 Å². The molecule has 0 saturated carbocycles. The van der Waals surface area contributed by atoms with E-state index in [2.05, 4.69) is 10.1 Å². The minimum Gasteiger partial charge on any atom is -0.480 e. The highest BCUT2D eigenvalue weighted by molar-refractivity contribution is 5.77. The molecule has 0 radical (unpaired) electrons. The van der Waals surface area contributed by atoms with Crippen molar-refractivity contribution in [3.8, 4) is 6.01 Å². The van der Waals surface area contributed by atoms with Crippen LogP contribution in [0.15, 0.2) is 29.1 Å². The molecule has 2 heterocycles. The molecule has 0 amide bonds. The Labute approximate surface area is 137 Å². The van der Waals surface area contributed by atoms with Gasteiger partial charge < -0.3 is 5.11 Å². The number of alkyl halides is 4. The summed E-state index contributed by atoms with van der Waals surface area (Å²) in [6, 6.07) is 3.07. The van der Waals surface area contributed by atoms with Crippen molar-refractivity contribution in [3.05, 3.63) is 51.4 Å². The molecule has 3 aromatic rings. The highest BCUT2D eigenvalue weighted by Crippen LogP contribution is 2.31. The van der Waals surface area contributed by atoms with Crippen molar-refractivity contribution in [1.82, 2.24) is 19.7 Å². The van der Waals surface area contributed by atoms with Crippen LogP contribution in [0.3, 0.4) is 0 Å². The maximum Gasteiger partial charge on any atom is 0.416 e. The number of nitrogens with zero attached hydrogens (tertiary/aromatic N) is 3. The Bertz CT molecular complexity index is 976. The molecule has 2 N–H and O–H groups in total. The molecule has 1 aromatic carbocycles. The first-order chi connectivity index (χ1) is 11.7. The third-order valence-corrected chi connectivity index (χ3v) is 3.84. The van der Waals surface area contributed by atoms with E-state index in [1.165, 1.54) is 16.8 Å². The highest BCUT2D eigenvalue weighted by Gasteiger charge is 2.30. The average Bonchev–Trinajstić information content (AvgIpc) is 2.92. The van der Waals surface area contributed by atoms with Gasteiger partial charge in [0.05, 0.1) is 11.6 Å². The molecule has 0 saturated heterocycles. The van der Waals surface area contributed by atoms with Gasteiger partial charge in [0.15, 0.2) is 5.65 Å². The van der Waals surface area contributed by atoms with Crippen molar-refractivity contribution in [2.45, 2.75) is 25.8 Å². The number of nitrogens with one attached hydrogen (secondary N) is 1. The lowest BCUT2D eigenvalue weighted by Gasteiger charge is -2.14. The number of aromatic hydroxyl groups is 1. The number of halogens is 4. The summed E-state index contributed by atoms with van der Waals surface area (Å²) < 4.78 is 52.3. The highest BCUT2D eigenvalue weighted by atomic mass is 19.4. The lowest BCUT2D eigenvalue weighted by molar-refractivity contribution is -0.137. The van der Waals surface area contributed by atoms with Crippen molar-refractivity contribution in [2.75, 3.05) is 0 Å². The van der Waals surface area contributed by atoms with E-state index in [-0.39, 0.29) is 16.7 Å². The quantitative estimate of drug-likeness (QED) is 0.707. The predicted octanol–water partition coefficient (Wildman–Crippen LogP) is 2.92. The van der Waals surface area contributed by atoms with E-state index < -0.39 is 36.0 Å². The monoisotopic (exact) mass is 356 g/mol. The van der Waals surface area contributed by atoms with Crippen molar-refractivity contribution < 1.29 is 22.7 Å². The molecule has 2 aromatic heterocycles. The van der Waals surface area contributed by atoms with Gasteiger partial charge >= 0.3 is 6.18 Å². The molecule has 0 aliphatic heterocycles. The standard InChI is InChI=1S/C15H12F4N4O2/c1-7(8-2-4-9(5-3-8)15(17,18)19)23-12-11(10(6-16)22-23)13(24)21-14(25)20-12/h2-5,7H,6H2,1H3,(H2,20,21,24,25). The van der Waals surface area contributed by atoms with Gasteiger partial charge in [-0.25, -0.2) is 9.07 Å². The van der Waals surface area contributed by atoms with E-state index in [1.54, 1.807) is 6.92 Å². The van der Waals surface area contributed by atoms with Crippen molar-refractivity contribution in [2.24, 2.45) is 0 Å². The topological polar surface area (TPSA) is 83.8 Å². The first kappa shape index (κ1) is 16.9.